The lowest BCUT2D eigenvalue weighted by atomic mass is 10.2. The molecule has 0 bridgehead atoms. The van der Waals surface area contributed by atoms with E-state index in [9.17, 15) is 9.18 Å². The van der Waals surface area contributed by atoms with Crippen molar-refractivity contribution in [2.24, 2.45) is 0 Å². The minimum atomic E-state index is -0.308. The molecule has 24 heavy (non-hydrogen) atoms. The second kappa shape index (κ2) is 7.99. The van der Waals surface area contributed by atoms with Crippen LogP contribution < -0.4 is 5.32 Å². The van der Waals surface area contributed by atoms with Crippen molar-refractivity contribution in [3.63, 3.8) is 0 Å². The predicted molar refractivity (Wildman–Crippen MR) is 91.0 cm³/mol. The average molecular weight is 328 g/mol. The highest BCUT2D eigenvalue weighted by atomic mass is 19.1. The molecular weight excluding hydrogens is 307 g/mol. The van der Waals surface area contributed by atoms with Gasteiger partial charge in [0.1, 0.15) is 5.82 Å². The van der Waals surface area contributed by atoms with Gasteiger partial charge in [-0.25, -0.2) is 4.39 Å². The first-order valence-corrected chi connectivity index (χ1v) is 8.09. The molecule has 1 amide bonds. The minimum Gasteiger partial charge on any atom is -0.325 e. The summed E-state index contributed by atoms with van der Waals surface area (Å²) in [6.07, 6.45) is 1.81. The van der Waals surface area contributed by atoms with Gasteiger partial charge in [-0.3, -0.25) is 19.6 Å². The van der Waals surface area contributed by atoms with Crippen LogP contribution in [-0.4, -0.2) is 53.4 Å². The molecule has 1 aliphatic heterocycles. The van der Waals surface area contributed by atoms with Crippen LogP contribution in [0.1, 0.15) is 5.69 Å². The number of piperazine rings is 1. The monoisotopic (exact) mass is 328 g/mol. The Kier molecular flexibility index (Phi) is 5.51. The number of pyridine rings is 1. The Hall–Kier alpha value is -2.31. The number of hydrogen-bond acceptors (Lipinski definition) is 4. The van der Waals surface area contributed by atoms with Crippen molar-refractivity contribution in [3.05, 3.63) is 60.2 Å². The number of hydrogen-bond donors (Lipinski definition) is 1. The van der Waals surface area contributed by atoms with E-state index < -0.39 is 0 Å². The predicted octanol–water partition coefficient (Wildman–Crippen LogP) is 1.98. The Morgan fingerprint density at radius 3 is 2.42 bits per heavy atom. The van der Waals surface area contributed by atoms with Crippen LogP contribution >= 0.6 is 0 Å². The zero-order valence-corrected chi connectivity index (χ0v) is 13.5. The summed E-state index contributed by atoms with van der Waals surface area (Å²) >= 11 is 0. The maximum Gasteiger partial charge on any atom is 0.238 e. The van der Waals surface area contributed by atoms with Crippen molar-refractivity contribution in [1.29, 1.82) is 0 Å². The fourth-order valence-electron chi connectivity index (χ4n) is 2.76. The molecule has 1 aromatic heterocycles. The Morgan fingerprint density at radius 1 is 1.04 bits per heavy atom. The highest BCUT2D eigenvalue weighted by molar-refractivity contribution is 5.92. The van der Waals surface area contributed by atoms with Gasteiger partial charge in [-0.2, -0.15) is 0 Å². The lowest BCUT2D eigenvalue weighted by Crippen LogP contribution is -2.48. The molecule has 1 aliphatic rings. The molecule has 0 saturated carbocycles. The molecule has 0 atom stereocenters. The van der Waals surface area contributed by atoms with E-state index in [0.29, 0.717) is 12.2 Å². The number of carbonyl (C=O) groups is 1. The molecule has 1 fully saturated rings. The standard InChI is InChI=1S/C18H21FN4O/c19-15-4-6-16(7-5-15)21-18(24)14-23-11-9-22(10-12-23)13-17-3-1-2-8-20-17/h1-8H,9-14H2,(H,21,24). The molecule has 0 unspecified atom stereocenters. The number of anilines is 1. The summed E-state index contributed by atoms with van der Waals surface area (Å²) in [4.78, 5) is 20.9. The number of aromatic nitrogens is 1. The Bertz CT molecular complexity index is 654. The lowest BCUT2D eigenvalue weighted by Gasteiger charge is -2.34. The summed E-state index contributed by atoms with van der Waals surface area (Å²) in [5.74, 6) is -0.378. The second-order valence-electron chi connectivity index (χ2n) is 5.93. The van der Waals surface area contributed by atoms with E-state index in [-0.39, 0.29) is 11.7 Å². The van der Waals surface area contributed by atoms with Crippen molar-refractivity contribution in [3.8, 4) is 0 Å². The quantitative estimate of drug-likeness (QED) is 0.912. The van der Waals surface area contributed by atoms with Gasteiger partial charge in [-0.15, -0.1) is 0 Å². The number of carbonyl (C=O) groups excluding carboxylic acids is 1. The fourth-order valence-corrected chi connectivity index (χ4v) is 2.76. The Balaban J connectivity index is 1.41. The van der Waals surface area contributed by atoms with Gasteiger partial charge in [0.2, 0.25) is 5.91 Å². The maximum atomic E-state index is 12.9. The second-order valence-corrected chi connectivity index (χ2v) is 5.93. The molecule has 1 saturated heterocycles. The first-order chi connectivity index (χ1) is 11.7. The van der Waals surface area contributed by atoms with Crippen LogP contribution in [0.5, 0.6) is 0 Å². The molecule has 126 valence electrons. The molecule has 2 heterocycles. The van der Waals surface area contributed by atoms with Crippen molar-refractivity contribution < 1.29 is 9.18 Å². The Morgan fingerprint density at radius 2 is 1.75 bits per heavy atom. The van der Waals surface area contributed by atoms with Crippen LogP contribution in [0.4, 0.5) is 10.1 Å². The SMILES string of the molecule is O=C(CN1CCN(Cc2ccccn2)CC1)Nc1ccc(F)cc1. The Labute approximate surface area is 141 Å². The summed E-state index contributed by atoms with van der Waals surface area (Å²) < 4.78 is 12.9. The molecular formula is C18H21FN4O. The highest BCUT2D eigenvalue weighted by Gasteiger charge is 2.19. The molecule has 0 spiro atoms. The molecule has 6 heteroatoms. The van der Waals surface area contributed by atoms with Crippen LogP contribution in [0.25, 0.3) is 0 Å². The average Bonchev–Trinajstić information content (AvgIpc) is 2.60. The zero-order valence-electron chi connectivity index (χ0n) is 13.5. The molecule has 5 nitrogen and oxygen atoms in total. The molecule has 0 radical (unpaired) electrons. The van der Waals surface area contributed by atoms with Crippen LogP contribution in [0.3, 0.4) is 0 Å². The van der Waals surface area contributed by atoms with Crippen LogP contribution in [0.15, 0.2) is 48.7 Å². The highest BCUT2D eigenvalue weighted by Crippen LogP contribution is 2.09. The maximum absolute atomic E-state index is 12.9. The van der Waals surface area contributed by atoms with Gasteiger partial charge in [0.25, 0.3) is 0 Å². The summed E-state index contributed by atoms with van der Waals surface area (Å²) in [5.41, 5.74) is 1.69. The summed E-state index contributed by atoms with van der Waals surface area (Å²) in [7, 11) is 0. The van der Waals surface area contributed by atoms with Crippen LogP contribution in [0.2, 0.25) is 0 Å². The third-order valence-corrected chi connectivity index (χ3v) is 4.07. The summed E-state index contributed by atoms with van der Waals surface area (Å²) in [6.45, 7) is 4.74. The van der Waals surface area contributed by atoms with Gasteiger partial charge in [0.15, 0.2) is 0 Å². The first-order valence-electron chi connectivity index (χ1n) is 8.09. The van der Waals surface area contributed by atoms with E-state index in [1.54, 1.807) is 12.1 Å². The number of benzene rings is 1. The third-order valence-electron chi connectivity index (χ3n) is 4.07. The van der Waals surface area contributed by atoms with Gasteiger partial charge in [-0.05, 0) is 36.4 Å². The van der Waals surface area contributed by atoms with Crippen molar-refractivity contribution in [1.82, 2.24) is 14.8 Å². The number of nitrogens with one attached hydrogen (secondary N) is 1. The van der Waals surface area contributed by atoms with E-state index in [1.807, 2.05) is 24.4 Å². The van der Waals surface area contributed by atoms with E-state index in [2.05, 4.69) is 20.1 Å². The fraction of sp³-hybridized carbons (Fsp3) is 0.333. The van der Waals surface area contributed by atoms with Crippen LogP contribution in [-0.2, 0) is 11.3 Å². The van der Waals surface area contributed by atoms with Gasteiger partial charge >= 0.3 is 0 Å². The third kappa shape index (κ3) is 4.84. The first kappa shape index (κ1) is 16.5. The van der Waals surface area contributed by atoms with Gasteiger partial charge < -0.3 is 5.32 Å². The lowest BCUT2D eigenvalue weighted by molar-refractivity contribution is -0.117. The molecule has 0 aliphatic carbocycles. The van der Waals surface area contributed by atoms with Crippen molar-refractivity contribution in [2.75, 3.05) is 38.0 Å². The van der Waals surface area contributed by atoms with Crippen molar-refractivity contribution >= 4 is 11.6 Å². The van der Waals surface area contributed by atoms with E-state index in [4.69, 9.17) is 0 Å². The van der Waals surface area contributed by atoms with Crippen molar-refractivity contribution in [2.45, 2.75) is 6.54 Å². The number of nitrogens with zero attached hydrogens (tertiary/aromatic N) is 3. The van der Waals surface area contributed by atoms with Gasteiger partial charge in [0, 0.05) is 44.6 Å². The topological polar surface area (TPSA) is 48.5 Å². The summed E-state index contributed by atoms with van der Waals surface area (Å²) in [6, 6.07) is 11.8. The largest absolute Gasteiger partial charge is 0.325 e. The molecule has 1 N–H and O–H groups in total. The van der Waals surface area contributed by atoms with Crippen LogP contribution in [0, 0.1) is 5.82 Å². The number of rotatable bonds is 5. The van der Waals surface area contributed by atoms with Gasteiger partial charge in [-0.1, -0.05) is 6.07 Å². The van der Waals surface area contributed by atoms with Gasteiger partial charge in [0.05, 0.1) is 12.2 Å². The molecule has 3 rings (SSSR count). The van der Waals surface area contributed by atoms with E-state index >= 15 is 0 Å². The minimum absolute atomic E-state index is 0.0696. The van der Waals surface area contributed by atoms with E-state index in [1.165, 1.54) is 12.1 Å². The molecule has 1 aromatic carbocycles. The zero-order chi connectivity index (χ0) is 16.8. The summed E-state index contributed by atoms with van der Waals surface area (Å²) in [5, 5.41) is 2.80. The van der Waals surface area contributed by atoms with E-state index in [0.717, 1.165) is 38.4 Å². The number of amides is 1. The molecule has 2 aromatic rings. The number of halogens is 1. The smallest absolute Gasteiger partial charge is 0.238 e. The normalized spacial score (nSPS) is 16.0.